The summed E-state index contributed by atoms with van der Waals surface area (Å²) in [6.45, 7) is 0. The summed E-state index contributed by atoms with van der Waals surface area (Å²) in [5.74, 6) is 1.81. The van der Waals surface area contributed by atoms with Crippen LogP contribution in [0.1, 0.15) is 0 Å². The molecule has 0 atom stereocenters. The molecule has 4 aromatic heterocycles. The van der Waals surface area contributed by atoms with Gasteiger partial charge in [-0.05, 0) is 71.8 Å². The summed E-state index contributed by atoms with van der Waals surface area (Å²) >= 11 is 5.42. The van der Waals surface area contributed by atoms with Crippen LogP contribution in [0.2, 0.25) is 0 Å². The third-order valence-corrected chi connectivity index (χ3v) is 14.4. The molecule has 7 heteroatoms. The van der Waals surface area contributed by atoms with Crippen LogP contribution in [0, 0.1) is 0 Å². The Morgan fingerprint density at radius 2 is 0.879 bits per heavy atom. The summed E-state index contributed by atoms with van der Waals surface area (Å²) in [6, 6.07) is 64.9. The minimum Gasteiger partial charge on any atom is -0.278 e. The Morgan fingerprint density at radius 1 is 0.328 bits per heavy atom. The average Bonchev–Trinajstić information content (AvgIpc) is 3.98. The van der Waals surface area contributed by atoms with E-state index in [1.54, 1.807) is 22.7 Å². The van der Waals surface area contributed by atoms with Gasteiger partial charge >= 0.3 is 0 Å². The fraction of sp³-hybridized carbons (Fsp3) is 0. The molecule has 12 rings (SSSR count). The van der Waals surface area contributed by atoms with Crippen molar-refractivity contribution in [2.75, 3.05) is 4.90 Å². The molecule has 0 saturated heterocycles. The third kappa shape index (κ3) is 5.50. The second kappa shape index (κ2) is 13.4. The average molecular weight is 795 g/mol. The number of aromatic nitrogens is 3. The number of thiophene rings is 3. The highest BCUT2D eigenvalue weighted by Crippen LogP contribution is 2.45. The predicted octanol–water partition coefficient (Wildman–Crippen LogP) is 15.4. The van der Waals surface area contributed by atoms with E-state index in [0.717, 1.165) is 33.6 Å². The number of fused-ring (bicyclic) bond motifs is 9. The summed E-state index contributed by atoms with van der Waals surface area (Å²) in [6.07, 6.45) is 0. The molecule has 0 N–H and O–H groups in total. The second-order valence-corrected chi connectivity index (χ2v) is 17.6. The van der Waals surface area contributed by atoms with Crippen LogP contribution in [0.5, 0.6) is 0 Å². The molecule has 58 heavy (non-hydrogen) atoms. The minimum atomic E-state index is 0.557. The zero-order chi connectivity index (χ0) is 38.2. The highest BCUT2D eigenvalue weighted by molar-refractivity contribution is 7.27. The van der Waals surface area contributed by atoms with Crippen molar-refractivity contribution in [2.45, 2.75) is 0 Å². The molecule has 0 aliphatic rings. The van der Waals surface area contributed by atoms with Crippen LogP contribution >= 0.6 is 34.0 Å². The number of rotatable bonds is 6. The van der Waals surface area contributed by atoms with E-state index in [0.29, 0.717) is 17.6 Å². The lowest BCUT2D eigenvalue weighted by Crippen LogP contribution is -2.15. The normalized spacial score (nSPS) is 11.8. The molecule has 0 aliphatic heterocycles. The van der Waals surface area contributed by atoms with Gasteiger partial charge in [0.15, 0.2) is 11.6 Å². The number of nitrogens with zero attached hydrogens (tertiary/aromatic N) is 4. The Kier molecular flexibility index (Phi) is 7.72. The van der Waals surface area contributed by atoms with Gasteiger partial charge in [-0.3, -0.25) is 4.90 Å². The summed E-state index contributed by atoms with van der Waals surface area (Å²) in [5.41, 5.74) is 6.14. The van der Waals surface area contributed by atoms with Gasteiger partial charge < -0.3 is 0 Å². The molecular weight excluding hydrogens is 765 g/mol. The molecule has 0 unspecified atom stereocenters. The molecule has 12 aromatic rings. The second-order valence-electron chi connectivity index (χ2n) is 14.4. The first-order valence-electron chi connectivity index (χ1n) is 19.2. The Balaban J connectivity index is 1.13. The van der Waals surface area contributed by atoms with Crippen LogP contribution in [0.15, 0.2) is 182 Å². The van der Waals surface area contributed by atoms with Crippen molar-refractivity contribution < 1.29 is 0 Å². The van der Waals surface area contributed by atoms with Crippen LogP contribution in [0.3, 0.4) is 0 Å². The van der Waals surface area contributed by atoms with Gasteiger partial charge in [0, 0.05) is 72.6 Å². The molecule has 8 aromatic carbocycles. The van der Waals surface area contributed by atoms with Crippen molar-refractivity contribution in [3.05, 3.63) is 182 Å². The molecular formula is C51H30N4S3. The van der Waals surface area contributed by atoms with E-state index in [-0.39, 0.29) is 0 Å². The van der Waals surface area contributed by atoms with E-state index in [2.05, 4.69) is 187 Å². The van der Waals surface area contributed by atoms with E-state index >= 15 is 0 Å². The van der Waals surface area contributed by atoms with Crippen molar-refractivity contribution in [2.24, 2.45) is 0 Å². The van der Waals surface area contributed by atoms with Crippen molar-refractivity contribution in [3.63, 3.8) is 0 Å². The summed E-state index contributed by atoms with van der Waals surface area (Å²) in [5, 5.41) is 7.41. The molecule has 4 nitrogen and oxygen atoms in total. The molecule has 0 aliphatic carbocycles. The van der Waals surface area contributed by atoms with Crippen LogP contribution in [0.25, 0.3) is 94.4 Å². The molecule has 0 spiro atoms. The summed E-state index contributed by atoms with van der Waals surface area (Å²) in [4.78, 5) is 18.4. The predicted molar refractivity (Wildman–Crippen MR) is 249 cm³/mol. The van der Waals surface area contributed by atoms with Gasteiger partial charge in [-0.1, -0.05) is 121 Å². The zero-order valence-electron chi connectivity index (χ0n) is 30.8. The van der Waals surface area contributed by atoms with Crippen molar-refractivity contribution in [1.29, 1.82) is 0 Å². The van der Waals surface area contributed by atoms with E-state index in [1.165, 1.54) is 60.5 Å². The van der Waals surface area contributed by atoms with Crippen LogP contribution in [-0.4, -0.2) is 15.0 Å². The lowest BCUT2D eigenvalue weighted by molar-refractivity contribution is 1.03. The summed E-state index contributed by atoms with van der Waals surface area (Å²) < 4.78 is 7.40. The molecule has 272 valence electrons. The maximum Gasteiger partial charge on any atom is 0.238 e. The molecule has 4 heterocycles. The molecule has 0 bridgehead atoms. The quantitative estimate of drug-likeness (QED) is 0.168. The van der Waals surface area contributed by atoms with Crippen molar-refractivity contribution in [1.82, 2.24) is 15.0 Å². The minimum absolute atomic E-state index is 0.557. The number of hydrogen-bond donors (Lipinski definition) is 0. The molecule has 0 fully saturated rings. The van der Waals surface area contributed by atoms with Crippen LogP contribution in [0.4, 0.5) is 17.3 Å². The van der Waals surface area contributed by atoms with Gasteiger partial charge in [0.25, 0.3) is 0 Å². The van der Waals surface area contributed by atoms with Crippen LogP contribution < -0.4 is 4.90 Å². The Hall–Kier alpha value is -6.77. The number of anilines is 3. The fourth-order valence-corrected chi connectivity index (χ4v) is 11.6. The largest absolute Gasteiger partial charge is 0.278 e. The monoisotopic (exact) mass is 794 g/mol. The van der Waals surface area contributed by atoms with E-state index in [9.17, 15) is 0 Å². The van der Waals surface area contributed by atoms with E-state index < -0.39 is 0 Å². The van der Waals surface area contributed by atoms with E-state index in [1.807, 2.05) is 11.3 Å². The van der Waals surface area contributed by atoms with Gasteiger partial charge in [0.05, 0.1) is 10.4 Å². The Bertz CT molecular complexity index is 3550. The first-order valence-corrected chi connectivity index (χ1v) is 21.6. The lowest BCUT2D eigenvalue weighted by Gasteiger charge is -2.25. The first-order chi connectivity index (χ1) is 28.7. The van der Waals surface area contributed by atoms with Gasteiger partial charge in [-0.2, -0.15) is 9.97 Å². The Labute approximate surface area is 345 Å². The van der Waals surface area contributed by atoms with Gasteiger partial charge in [0.2, 0.25) is 5.95 Å². The topological polar surface area (TPSA) is 41.9 Å². The number of benzene rings is 8. The maximum absolute atomic E-state index is 5.43. The van der Waals surface area contributed by atoms with Gasteiger partial charge in [0.1, 0.15) is 0 Å². The SMILES string of the molecule is c1ccc(-c2cccc(N(c3nc(-c4ccc5c(c4)sc4ccccc45)nc(-c4ccc5sc6ccccc6c5c4)n3)c3cccc4c3sc3ccccc34)c2)cc1. The smallest absolute Gasteiger partial charge is 0.238 e. The van der Waals surface area contributed by atoms with E-state index in [4.69, 9.17) is 15.0 Å². The molecule has 0 saturated carbocycles. The van der Waals surface area contributed by atoms with Crippen molar-refractivity contribution in [3.8, 4) is 33.9 Å². The third-order valence-electron chi connectivity index (χ3n) is 10.9. The first kappa shape index (κ1) is 33.4. The molecule has 0 amide bonds. The highest BCUT2D eigenvalue weighted by atomic mass is 32.1. The standard InChI is InChI=1S/C51H30N4S3/c1-2-12-31(13-3-1)32-14-10-15-35(28-32)55(42-20-11-19-40-37-17-5-9-23-45(37)58-48(40)42)51-53-49(33-25-27-46-41(29-33)38-18-6-8-22-44(38)56-46)52-50(54-51)34-24-26-39-36-16-4-7-21-43(36)57-47(39)30-34/h1-30H. The fourth-order valence-electron chi connectivity index (χ4n) is 8.18. The molecule has 0 radical (unpaired) electrons. The maximum atomic E-state index is 5.43. The lowest BCUT2D eigenvalue weighted by atomic mass is 10.0. The highest BCUT2D eigenvalue weighted by Gasteiger charge is 2.24. The van der Waals surface area contributed by atoms with Crippen molar-refractivity contribution >= 4 is 112 Å². The number of hydrogen-bond acceptors (Lipinski definition) is 7. The Morgan fingerprint density at radius 3 is 1.66 bits per heavy atom. The summed E-state index contributed by atoms with van der Waals surface area (Å²) in [7, 11) is 0. The zero-order valence-corrected chi connectivity index (χ0v) is 33.3. The van der Waals surface area contributed by atoms with Gasteiger partial charge in [-0.25, -0.2) is 4.98 Å². The van der Waals surface area contributed by atoms with Gasteiger partial charge in [-0.15, -0.1) is 34.0 Å². The van der Waals surface area contributed by atoms with Crippen LogP contribution in [-0.2, 0) is 0 Å².